The van der Waals surface area contributed by atoms with E-state index in [4.69, 9.17) is 35.1 Å². The average Bonchev–Trinajstić information content (AvgIpc) is 3.87. The van der Waals surface area contributed by atoms with Crippen molar-refractivity contribution in [3.63, 3.8) is 0 Å². The summed E-state index contributed by atoms with van der Waals surface area (Å²) >= 11 is 0. The van der Waals surface area contributed by atoms with Crippen LogP contribution in [0.5, 0.6) is 11.8 Å². The highest BCUT2D eigenvalue weighted by Gasteiger charge is 2.47. The quantitative estimate of drug-likeness (QED) is 0.137. The summed E-state index contributed by atoms with van der Waals surface area (Å²) in [5.41, 5.74) is -0.540. The topological polar surface area (TPSA) is 112 Å². The third-order valence-electron chi connectivity index (χ3n) is 10.9. The number of morpholine rings is 1. The number of hydrogen-bond donors (Lipinski definition) is 0. The van der Waals surface area contributed by atoms with Crippen LogP contribution in [-0.4, -0.2) is 115 Å². The normalized spacial score (nSPS) is 20.8. The number of methoxy groups -OCH3 is 1. The van der Waals surface area contributed by atoms with Gasteiger partial charge in [0.2, 0.25) is 0 Å². The fraction of sp³-hybridized carbons (Fsp3) is 0.512. The molecule has 14 heteroatoms. The van der Waals surface area contributed by atoms with Crippen LogP contribution in [-0.2, 0) is 14.2 Å². The average molecular weight is 757 g/mol. The summed E-state index contributed by atoms with van der Waals surface area (Å²) in [6.07, 6.45) is 10.6. The van der Waals surface area contributed by atoms with Crippen LogP contribution >= 0.6 is 0 Å². The lowest BCUT2D eigenvalue weighted by Crippen LogP contribution is -2.57. The van der Waals surface area contributed by atoms with E-state index in [9.17, 15) is 4.79 Å². The number of carbonyl (C=O) groups excluding carboxylic acids is 1. The van der Waals surface area contributed by atoms with Crippen molar-refractivity contribution in [3.05, 3.63) is 47.7 Å². The Morgan fingerprint density at radius 1 is 1.07 bits per heavy atom. The molecule has 0 spiro atoms. The maximum atomic E-state index is 17.3. The summed E-state index contributed by atoms with van der Waals surface area (Å²) in [5, 5.41) is 1.24. The zero-order valence-electron chi connectivity index (χ0n) is 31.7. The van der Waals surface area contributed by atoms with Crippen LogP contribution in [0.15, 0.2) is 30.5 Å². The molecule has 2 bridgehead atoms. The Balaban J connectivity index is 1.21. The second-order valence-electron chi connectivity index (χ2n) is 16.1. The Kier molecular flexibility index (Phi) is 9.90. The Morgan fingerprint density at radius 3 is 2.49 bits per heavy atom. The summed E-state index contributed by atoms with van der Waals surface area (Å²) in [4.78, 5) is 33.8. The highest BCUT2D eigenvalue weighted by atomic mass is 19.1. The van der Waals surface area contributed by atoms with Crippen LogP contribution < -0.4 is 14.4 Å². The molecule has 2 atom stereocenters. The number of hydrogen-bond acceptors (Lipinski definition) is 11. The van der Waals surface area contributed by atoms with E-state index >= 15 is 8.78 Å². The molecule has 8 rings (SSSR count). The number of carbonyl (C=O) groups is 1. The van der Waals surface area contributed by atoms with Crippen molar-refractivity contribution in [2.75, 3.05) is 71.3 Å². The molecular formula is C41H46F2N6O6. The lowest BCUT2D eigenvalue weighted by molar-refractivity contribution is 0.0122. The van der Waals surface area contributed by atoms with E-state index in [-0.39, 0.29) is 58.7 Å². The van der Waals surface area contributed by atoms with Crippen LogP contribution in [0.2, 0.25) is 0 Å². The molecule has 2 unspecified atom stereocenters. The summed E-state index contributed by atoms with van der Waals surface area (Å²) in [5.74, 6) is 1.91. The summed E-state index contributed by atoms with van der Waals surface area (Å²) in [6.45, 7) is 10.8. The number of anilines is 1. The van der Waals surface area contributed by atoms with Crippen LogP contribution in [0.3, 0.4) is 0 Å². The number of fused-ring (bicyclic) bond motifs is 4. The largest absolute Gasteiger partial charge is 0.468 e. The van der Waals surface area contributed by atoms with Gasteiger partial charge in [0.1, 0.15) is 34.2 Å². The molecule has 0 radical (unpaired) electrons. The Hall–Kier alpha value is -4.84. The Morgan fingerprint density at radius 2 is 1.82 bits per heavy atom. The molecule has 3 saturated heterocycles. The number of aromatic nitrogens is 3. The van der Waals surface area contributed by atoms with Crippen LogP contribution in [0.1, 0.15) is 52.0 Å². The SMILES string of the molecule is C#Cc1c(F)ccc2cc(OCOC)cc(-c3ncc4c(N5CC6CCC(C5)N6C(=O)OC(C)(C)C)nc(OCC5(CN6CCOCC6)CC5)nc4c3F)c12. The molecule has 1 aliphatic carbocycles. The first-order valence-corrected chi connectivity index (χ1v) is 18.9. The molecule has 2 aromatic carbocycles. The first kappa shape index (κ1) is 37.1. The lowest BCUT2D eigenvalue weighted by atomic mass is 9.95. The smallest absolute Gasteiger partial charge is 0.410 e. The van der Waals surface area contributed by atoms with E-state index in [2.05, 4.69) is 25.7 Å². The van der Waals surface area contributed by atoms with E-state index in [1.807, 2.05) is 25.7 Å². The summed E-state index contributed by atoms with van der Waals surface area (Å²) in [7, 11) is 1.49. The fourth-order valence-corrected chi connectivity index (χ4v) is 8.13. The van der Waals surface area contributed by atoms with Crippen LogP contribution in [0, 0.1) is 29.4 Å². The molecule has 0 N–H and O–H groups in total. The molecule has 4 aliphatic rings. The second-order valence-corrected chi connectivity index (χ2v) is 16.1. The van der Waals surface area contributed by atoms with Gasteiger partial charge < -0.3 is 28.6 Å². The van der Waals surface area contributed by atoms with Gasteiger partial charge in [0.15, 0.2) is 12.6 Å². The van der Waals surface area contributed by atoms with Gasteiger partial charge >= 0.3 is 12.1 Å². The van der Waals surface area contributed by atoms with Crippen molar-refractivity contribution >= 4 is 33.6 Å². The minimum absolute atomic E-state index is 0.0000290. The van der Waals surface area contributed by atoms with Gasteiger partial charge in [-0.15, -0.1) is 6.42 Å². The van der Waals surface area contributed by atoms with E-state index in [1.165, 1.54) is 13.2 Å². The molecule has 2 aromatic heterocycles. The molecule has 4 aromatic rings. The predicted octanol–water partition coefficient (Wildman–Crippen LogP) is 6.17. The van der Waals surface area contributed by atoms with Gasteiger partial charge in [-0.3, -0.25) is 14.8 Å². The highest BCUT2D eigenvalue weighted by molar-refractivity contribution is 6.03. The highest BCUT2D eigenvalue weighted by Crippen LogP contribution is 2.47. The van der Waals surface area contributed by atoms with Gasteiger partial charge in [0.25, 0.3) is 0 Å². The van der Waals surface area contributed by atoms with Crippen molar-refractivity contribution < 1.29 is 37.3 Å². The molecule has 4 fully saturated rings. The third-order valence-corrected chi connectivity index (χ3v) is 10.9. The third kappa shape index (κ3) is 7.45. The van der Waals surface area contributed by atoms with Gasteiger partial charge in [0.05, 0.1) is 42.9 Å². The predicted molar refractivity (Wildman–Crippen MR) is 202 cm³/mol. The van der Waals surface area contributed by atoms with Crippen molar-refractivity contribution in [1.29, 1.82) is 0 Å². The van der Waals surface area contributed by atoms with Gasteiger partial charge in [-0.05, 0) is 70.0 Å². The number of nitrogens with zero attached hydrogens (tertiary/aromatic N) is 6. The number of rotatable bonds is 10. The maximum absolute atomic E-state index is 17.3. The monoisotopic (exact) mass is 756 g/mol. The van der Waals surface area contributed by atoms with Crippen molar-refractivity contribution in [1.82, 2.24) is 24.8 Å². The molecule has 3 aliphatic heterocycles. The maximum Gasteiger partial charge on any atom is 0.410 e. The van der Waals surface area contributed by atoms with E-state index < -0.39 is 17.2 Å². The zero-order chi connectivity index (χ0) is 38.5. The van der Waals surface area contributed by atoms with Gasteiger partial charge in [-0.1, -0.05) is 12.0 Å². The lowest BCUT2D eigenvalue weighted by Gasteiger charge is -2.42. The number of piperazine rings is 1. The number of amides is 1. The number of pyridine rings is 1. The second kappa shape index (κ2) is 14.7. The molecule has 1 amide bonds. The standard InChI is InChI=1S/C41H46F2N6O6/c1-6-29-32(42)10-7-25-17-28(54-24-51-5)18-30(33(25)29)35-34(43)36-31(19-44-35)37(48-20-26-8-9-27(21-48)49(26)39(50)55-40(2,3)4)46-38(45-36)53-23-41(11-12-41)22-47-13-15-52-16-14-47/h1,7,10,17-19,26-27H,8-9,11-16,20-24H2,2-5H3. The van der Waals surface area contributed by atoms with Crippen molar-refractivity contribution in [3.8, 4) is 35.4 Å². The van der Waals surface area contributed by atoms with Crippen molar-refractivity contribution in [2.24, 2.45) is 5.41 Å². The Bertz CT molecular complexity index is 2150. The van der Waals surface area contributed by atoms with Crippen LogP contribution in [0.4, 0.5) is 19.4 Å². The number of ether oxygens (including phenoxy) is 5. The molecular weight excluding hydrogens is 710 g/mol. The summed E-state index contributed by atoms with van der Waals surface area (Å²) in [6, 6.07) is 5.91. The van der Waals surface area contributed by atoms with Gasteiger partial charge in [-0.2, -0.15) is 9.97 Å². The minimum atomic E-state index is -0.742. The first-order chi connectivity index (χ1) is 26.5. The van der Waals surface area contributed by atoms with Crippen molar-refractivity contribution in [2.45, 2.75) is 64.1 Å². The molecule has 55 heavy (non-hydrogen) atoms. The minimum Gasteiger partial charge on any atom is -0.468 e. The van der Waals surface area contributed by atoms with E-state index in [0.717, 1.165) is 45.3 Å². The molecule has 1 saturated carbocycles. The Labute approximate surface area is 319 Å². The van der Waals surface area contributed by atoms with E-state index in [0.29, 0.717) is 60.6 Å². The molecule has 290 valence electrons. The summed E-state index contributed by atoms with van der Waals surface area (Å²) < 4.78 is 61.0. The fourth-order valence-electron chi connectivity index (χ4n) is 8.13. The van der Waals surface area contributed by atoms with E-state index in [1.54, 1.807) is 24.4 Å². The molecule has 5 heterocycles. The van der Waals surface area contributed by atoms with Gasteiger partial charge in [0, 0.05) is 62.4 Å². The number of terminal acetylenes is 1. The first-order valence-electron chi connectivity index (χ1n) is 18.9. The number of benzene rings is 2. The van der Waals surface area contributed by atoms with Gasteiger partial charge in [-0.25, -0.2) is 13.6 Å². The number of halogens is 2. The zero-order valence-corrected chi connectivity index (χ0v) is 31.7. The molecule has 12 nitrogen and oxygen atoms in total. The van der Waals surface area contributed by atoms with Crippen LogP contribution in [0.25, 0.3) is 32.9 Å².